The van der Waals surface area contributed by atoms with Crippen molar-refractivity contribution in [3.63, 3.8) is 0 Å². The van der Waals surface area contributed by atoms with Gasteiger partial charge in [0.25, 0.3) is 0 Å². The fourth-order valence-corrected chi connectivity index (χ4v) is 2.98. The Kier molecular flexibility index (Phi) is 4.80. The van der Waals surface area contributed by atoms with Crippen molar-refractivity contribution < 1.29 is 19.4 Å². The van der Waals surface area contributed by atoms with Crippen LogP contribution in [0.25, 0.3) is 0 Å². The molecule has 1 saturated carbocycles. The fraction of sp³-hybridized carbons (Fsp3) is 0.857. The van der Waals surface area contributed by atoms with Crippen molar-refractivity contribution in [1.29, 1.82) is 0 Å². The standard InChI is InChI=1S/C14H23NO4/c1-10-6-7-11(14(17)18)8-15(10)13(16)9-19-12-4-2-3-5-12/h10-12H,2-9H2,1H3,(H,17,18). The van der Waals surface area contributed by atoms with Gasteiger partial charge in [-0.1, -0.05) is 12.8 Å². The van der Waals surface area contributed by atoms with Gasteiger partial charge in [0.2, 0.25) is 5.91 Å². The maximum Gasteiger partial charge on any atom is 0.308 e. The van der Waals surface area contributed by atoms with Crippen molar-refractivity contribution in [3.8, 4) is 0 Å². The largest absolute Gasteiger partial charge is 0.481 e. The number of rotatable bonds is 4. The molecule has 1 amide bonds. The maximum atomic E-state index is 12.1. The number of piperidine rings is 1. The molecule has 2 rings (SSSR count). The van der Waals surface area contributed by atoms with Gasteiger partial charge >= 0.3 is 5.97 Å². The minimum atomic E-state index is -0.804. The molecular formula is C14H23NO4. The molecule has 19 heavy (non-hydrogen) atoms. The van der Waals surface area contributed by atoms with Gasteiger partial charge in [0, 0.05) is 12.6 Å². The van der Waals surface area contributed by atoms with Gasteiger partial charge in [-0.2, -0.15) is 0 Å². The first-order chi connectivity index (χ1) is 9.08. The van der Waals surface area contributed by atoms with Crippen molar-refractivity contribution in [2.45, 2.75) is 57.6 Å². The summed E-state index contributed by atoms with van der Waals surface area (Å²) in [6.45, 7) is 2.40. The summed E-state index contributed by atoms with van der Waals surface area (Å²) >= 11 is 0. The number of carbonyl (C=O) groups is 2. The Bertz CT molecular complexity index is 338. The predicted octanol–water partition coefficient (Wildman–Crippen LogP) is 1.66. The first kappa shape index (κ1) is 14.3. The van der Waals surface area contributed by atoms with Crippen LogP contribution in [0.15, 0.2) is 0 Å². The monoisotopic (exact) mass is 269 g/mol. The number of amides is 1. The second-order valence-electron chi connectivity index (χ2n) is 5.73. The average molecular weight is 269 g/mol. The van der Waals surface area contributed by atoms with E-state index in [4.69, 9.17) is 9.84 Å². The van der Waals surface area contributed by atoms with Gasteiger partial charge < -0.3 is 14.7 Å². The fourth-order valence-electron chi connectivity index (χ4n) is 2.98. The van der Waals surface area contributed by atoms with Crippen LogP contribution in [0.2, 0.25) is 0 Å². The van der Waals surface area contributed by atoms with Crippen molar-refractivity contribution in [1.82, 2.24) is 4.90 Å². The van der Waals surface area contributed by atoms with Crippen LogP contribution in [0.3, 0.4) is 0 Å². The summed E-state index contributed by atoms with van der Waals surface area (Å²) in [6.07, 6.45) is 6.08. The zero-order chi connectivity index (χ0) is 13.8. The molecule has 2 atom stereocenters. The lowest BCUT2D eigenvalue weighted by Crippen LogP contribution is -2.48. The summed E-state index contributed by atoms with van der Waals surface area (Å²) in [7, 11) is 0. The molecule has 1 saturated heterocycles. The highest BCUT2D eigenvalue weighted by molar-refractivity contribution is 5.79. The number of carboxylic acids is 1. The van der Waals surface area contributed by atoms with Crippen LogP contribution in [-0.2, 0) is 14.3 Å². The van der Waals surface area contributed by atoms with E-state index >= 15 is 0 Å². The average Bonchev–Trinajstić information content (AvgIpc) is 2.89. The zero-order valence-electron chi connectivity index (χ0n) is 11.5. The molecule has 1 N–H and O–H groups in total. The molecule has 0 spiro atoms. The molecule has 0 radical (unpaired) electrons. The lowest BCUT2D eigenvalue weighted by Gasteiger charge is -2.36. The number of carboxylic acid groups (broad SMARTS) is 1. The molecule has 108 valence electrons. The third kappa shape index (κ3) is 3.69. The zero-order valence-corrected chi connectivity index (χ0v) is 11.5. The van der Waals surface area contributed by atoms with Gasteiger partial charge in [0.05, 0.1) is 12.0 Å². The van der Waals surface area contributed by atoms with Crippen LogP contribution in [0.4, 0.5) is 0 Å². The molecule has 2 unspecified atom stereocenters. The molecule has 5 heteroatoms. The van der Waals surface area contributed by atoms with E-state index in [-0.39, 0.29) is 24.7 Å². The molecule has 2 aliphatic rings. The molecule has 0 aromatic heterocycles. The van der Waals surface area contributed by atoms with E-state index in [9.17, 15) is 9.59 Å². The summed E-state index contributed by atoms with van der Waals surface area (Å²) in [5.41, 5.74) is 0. The van der Waals surface area contributed by atoms with E-state index in [2.05, 4.69) is 0 Å². The molecule has 1 aliphatic carbocycles. The van der Waals surface area contributed by atoms with Crippen LogP contribution < -0.4 is 0 Å². The lowest BCUT2D eigenvalue weighted by atomic mass is 9.93. The Morgan fingerprint density at radius 1 is 1.21 bits per heavy atom. The number of nitrogens with zero attached hydrogens (tertiary/aromatic N) is 1. The summed E-state index contributed by atoms with van der Waals surface area (Å²) in [5.74, 6) is -1.29. The first-order valence-corrected chi connectivity index (χ1v) is 7.22. The Balaban J connectivity index is 1.83. The minimum absolute atomic E-state index is 0.0645. The molecule has 0 aromatic carbocycles. The minimum Gasteiger partial charge on any atom is -0.481 e. The Labute approximate surface area is 113 Å². The van der Waals surface area contributed by atoms with Crippen LogP contribution in [-0.4, -0.2) is 47.2 Å². The van der Waals surface area contributed by atoms with Crippen molar-refractivity contribution in [3.05, 3.63) is 0 Å². The highest BCUT2D eigenvalue weighted by Crippen LogP contribution is 2.24. The van der Waals surface area contributed by atoms with Gasteiger partial charge in [0.1, 0.15) is 6.61 Å². The van der Waals surface area contributed by atoms with Gasteiger partial charge in [-0.3, -0.25) is 9.59 Å². The van der Waals surface area contributed by atoms with E-state index in [1.807, 2.05) is 6.92 Å². The number of likely N-dealkylation sites (tertiary alicyclic amines) is 1. The van der Waals surface area contributed by atoms with Crippen molar-refractivity contribution in [2.75, 3.05) is 13.2 Å². The first-order valence-electron chi connectivity index (χ1n) is 7.22. The number of carbonyl (C=O) groups excluding carboxylic acids is 1. The summed E-state index contributed by atoms with van der Waals surface area (Å²) < 4.78 is 5.62. The SMILES string of the molecule is CC1CCC(C(=O)O)CN1C(=O)COC1CCCC1. The van der Waals surface area contributed by atoms with Crippen LogP contribution in [0.1, 0.15) is 45.4 Å². The molecular weight excluding hydrogens is 246 g/mol. The van der Waals surface area contributed by atoms with Crippen molar-refractivity contribution >= 4 is 11.9 Å². The molecule has 0 bridgehead atoms. The third-order valence-electron chi connectivity index (χ3n) is 4.30. The van der Waals surface area contributed by atoms with Gasteiger partial charge in [0.15, 0.2) is 0 Å². The number of hydrogen-bond acceptors (Lipinski definition) is 3. The predicted molar refractivity (Wildman–Crippen MR) is 69.7 cm³/mol. The Morgan fingerprint density at radius 2 is 1.89 bits per heavy atom. The second kappa shape index (κ2) is 6.37. The van der Waals surface area contributed by atoms with Gasteiger partial charge in [-0.05, 0) is 32.6 Å². The van der Waals surface area contributed by atoms with E-state index < -0.39 is 11.9 Å². The topological polar surface area (TPSA) is 66.8 Å². The highest BCUT2D eigenvalue weighted by Gasteiger charge is 2.32. The quantitative estimate of drug-likeness (QED) is 0.843. The Morgan fingerprint density at radius 3 is 2.53 bits per heavy atom. The highest BCUT2D eigenvalue weighted by atomic mass is 16.5. The van der Waals surface area contributed by atoms with Crippen LogP contribution in [0, 0.1) is 5.92 Å². The second-order valence-corrected chi connectivity index (χ2v) is 5.73. The number of hydrogen-bond donors (Lipinski definition) is 1. The van der Waals surface area contributed by atoms with Crippen molar-refractivity contribution in [2.24, 2.45) is 5.92 Å². The molecule has 5 nitrogen and oxygen atoms in total. The molecule has 1 aliphatic heterocycles. The number of aliphatic carboxylic acids is 1. The van der Waals surface area contributed by atoms with E-state index in [0.717, 1.165) is 19.3 Å². The normalized spacial score (nSPS) is 28.6. The maximum absolute atomic E-state index is 12.1. The van der Waals surface area contributed by atoms with Gasteiger partial charge in [-0.25, -0.2) is 0 Å². The third-order valence-corrected chi connectivity index (χ3v) is 4.30. The van der Waals surface area contributed by atoms with Crippen LogP contribution >= 0.6 is 0 Å². The van der Waals surface area contributed by atoms with Gasteiger partial charge in [-0.15, -0.1) is 0 Å². The van der Waals surface area contributed by atoms with E-state index in [1.54, 1.807) is 4.90 Å². The summed E-state index contributed by atoms with van der Waals surface area (Å²) in [4.78, 5) is 24.8. The smallest absolute Gasteiger partial charge is 0.308 e. The molecule has 1 heterocycles. The Hall–Kier alpha value is -1.10. The molecule has 2 fully saturated rings. The lowest BCUT2D eigenvalue weighted by molar-refractivity contribution is -0.149. The number of ether oxygens (including phenoxy) is 1. The summed E-state index contributed by atoms with van der Waals surface area (Å²) in [5, 5.41) is 9.06. The van der Waals surface area contributed by atoms with E-state index in [1.165, 1.54) is 12.8 Å². The molecule has 0 aromatic rings. The summed E-state index contributed by atoms with van der Waals surface area (Å²) in [6, 6.07) is 0.121. The van der Waals surface area contributed by atoms with E-state index in [0.29, 0.717) is 13.0 Å². The van der Waals surface area contributed by atoms with Crippen LogP contribution in [0.5, 0.6) is 0 Å².